The first kappa shape index (κ1) is 11.9. The molecule has 0 aromatic heterocycles. The Morgan fingerprint density at radius 1 is 1.31 bits per heavy atom. The first-order valence-corrected chi connectivity index (χ1v) is 6.42. The second-order valence-corrected chi connectivity index (χ2v) is 6.29. The molecule has 3 nitrogen and oxygen atoms in total. The Kier molecular flexibility index (Phi) is 2.77. The van der Waals surface area contributed by atoms with Gasteiger partial charge in [0, 0.05) is 13.1 Å². The molecule has 2 aliphatic rings. The summed E-state index contributed by atoms with van der Waals surface area (Å²) in [5.74, 6) is 0.954. The molecule has 0 unspecified atom stereocenters. The lowest BCUT2D eigenvalue weighted by atomic mass is 9.78. The van der Waals surface area contributed by atoms with Crippen LogP contribution in [0.2, 0.25) is 0 Å². The molecule has 16 heavy (non-hydrogen) atoms. The van der Waals surface area contributed by atoms with Gasteiger partial charge in [-0.1, -0.05) is 20.8 Å². The third kappa shape index (κ3) is 1.75. The highest BCUT2D eigenvalue weighted by Crippen LogP contribution is 2.38. The summed E-state index contributed by atoms with van der Waals surface area (Å²) in [6.45, 7) is 11.7. The van der Waals surface area contributed by atoms with E-state index in [0.29, 0.717) is 17.2 Å². The van der Waals surface area contributed by atoms with Gasteiger partial charge >= 0.3 is 0 Å². The number of nitrogens with zero attached hydrogens (tertiary/aromatic N) is 1. The predicted molar refractivity (Wildman–Crippen MR) is 65.2 cm³/mol. The van der Waals surface area contributed by atoms with Gasteiger partial charge in [-0.05, 0) is 37.6 Å². The molecule has 2 saturated heterocycles. The van der Waals surface area contributed by atoms with E-state index in [1.807, 2.05) is 6.92 Å². The Balaban J connectivity index is 2.01. The smallest absolute Gasteiger partial charge is 0.242 e. The molecular weight excluding hydrogens is 200 g/mol. The van der Waals surface area contributed by atoms with E-state index in [-0.39, 0.29) is 5.54 Å². The van der Waals surface area contributed by atoms with Gasteiger partial charge < -0.3 is 10.2 Å². The normalized spacial score (nSPS) is 38.9. The van der Waals surface area contributed by atoms with Crippen LogP contribution in [-0.2, 0) is 4.79 Å². The first-order valence-electron chi connectivity index (χ1n) is 6.42. The molecule has 3 heteroatoms. The number of carbonyl (C=O) groups is 1. The van der Waals surface area contributed by atoms with Gasteiger partial charge in [-0.25, -0.2) is 0 Å². The van der Waals surface area contributed by atoms with E-state index < -0.39 is 0 Å². The van der Waals surface area contributed by atoms with Crippen molar-refractivity contribution < 1.29 is 4.79 Å². The van der Waals surface area contributed by atoms with E-state index in [1.165, 1.54) is 0 Å². The van der Waals surface area contributed by atoms with Crippen LogP contribution in [0.4, 0.5) is 0 Å². The number of rotatable bonds is 2. The predicted octanol–water partition coefficient (Wildman–Crippen LogP) is 1.63. The molecule has 2 rings (SSSR count). The number of amides is 1. The number of hydrogen-bond acceptors (Lipinski definition) is 2. The lowest BCUT2D eigenvalue weighted by Crippen LogP contribution is -2.64. The highest BCUT2D eigenvalue weighted by Gasteiger charge is 2.46. The minimum Gasteiger partial charge on any atom is -0.341 e. The summed E-state index contributed by atoms with van der Waals surface area (Å²) in [5, 5.41) is 3.26. The zero-order chi connectivity index (χ0) is 12.0. The van der Waals surface area contributed by atoms with Gasteiger partial charge in [-0.2, -0.15) is 0 Å². The summed E-state index contributed by atoms with van der Waals surface area (Å²) in [4.78, 5) is 14.4. The van der Waals surface area contributed by atoms with Gasteiger partial charge in [0.25, 0.3) is 0 Å². The highest BCUT2D eigenvalue weighted by atomic mass is 16.2. The summed E-state index contributed by atoms with van der Waals surface area (Å²) in [5.41, 5.74) is 0.0536. The summed E-state index contributed by atoms with van der Waals surface area (Å²) in [7, 11) is 0. The van der Waals surface area contributed by atoms with Crippen LogP contribution < -0.4 is 5.32 Å². The van der Waals surface area contributed by atoms with Crippen LogP contribution in [-0.4, -0.2) is 36.0 Å². The molecular formula is C13H24N2O. The number of likely N-dealkylation sites (tertiary alicyclic amines) is 1. The molecule has 2 fully saturated rings. The maximum atomic E-state index is 12.3. The molecule has 1 N–H and O–H groups in total. The Hall–Kier alpha value is -0.570. The van der Waals surface area contributed by atoms with Crippen molar-refractivity contribution in [3.05, 3.63) is 0 Å². The Bertz CT molecular complexity index is 296. The molecule has 2 heterocycles. The van der Waals surface area contributed by atoms with Crippen molar-refractivity contribution in [3.8, 4) is 0 Å². The zero-order valence-corrected chi connectivity index (χ0v) is 11.0. The van der Waals surface area contributed by atoms with Gasteiger partial charge in [0.15, 0.2) is 0 Å². The minimum absolute atomic E-state index is 0.262. The second kappa shape index (κ2) is 3.73. The third-order valence-corrected chi connectivity index (χ3v) is 4.80. The topological polar surface area (TPSA) is 32.3 Å². The maximum Gasteiger partial charge on any atom is 0.242 e. The van der Waals surface area contributed by atoms with E-state index in [0.717, 1.165) is 32.5 Å². The number of hydrogen-bond donors (Lipinski definition) is 1. The molecule has 0 spiro atoms. The van der Waals surface area contributed by atoms with Crippen LogP contribution in [0.5, 0.6) is 0 Å². The standard InChI is InChI=1S/C13H24N2O/c1-10(2)12(3)6-8-15(9-12)11(16)13(4)5-7-14-13/h10,14H,5-9H2,1-4H3/t12-,13-/m0/s1. The Morgan fingerprint density at radius 2 is 1.94 bits per heavy atom. The van der Waals surface area contributed by atoms with E-state index in [4.69, 9.17) is 0 Å². The fourth-order valence-electron chi connectivity index (χ4n) is 2.66. The quantitative estimate of drug-likeness (QED) is 0.773. The maximum absolute atomic E-state index is 12.3. The van der Waals surface area contributed by atoms with Crippen LogP contribution >= 0.6 is 0 Å². The SMILES string of the molecule is CC(C)[C@@]1(C)CCN(C(=O)[C@]2(C)CCN2)C1. The number of carbonyl (C=O) groups excluding carboxylic acids is 1. The van der Waals surface area contributed by atoms with Crippen LogP contribution in [0.1, 0.15) is 40.5 Å². The third-order valence-electron chi connectivity index (χ3n) is 4.80. The summed E-state index contributed by atoms with van der Waals surface area (Å²) >= 11 is 0. The molecule has 0 aromatic carbocycles. The molecule has 2 atom stereocenters. The van der Waals surface area contributed by atoms with E-state index in [9.17, 15) is 4.79 Å². The van der Waals surface area contributed by atoms with Crippen molar-refractivity contribution >= 4 is 5.91 Å². The van der Waals surface area contributed by atoms with Crippen LogP contribution in [0.25, 0.3) is 0 Å². The second-order valence-electron chi connectivity index (χ2n) is 6.29. The van der Waals surface area contributed by atoms with Gasteiger partial charge in [0.05, 0.1) is 5.54 Å². The molecule has 1 amide bonds. The summed E-state index contributed by atoms with van der Waals surface area (Å²) < 4.78 is 0. The van der Waals surface area contributed by atoms with Crippen molar-refractivity contribution in [2.45, 2.75) is 46.1 Å². The molecule has 0 saturated carbocycles. The summed E-state index contributed by atoms with van der Waals surface area (Å²) in [6, 6.07) is 0. The highest BCUT2D eigenvalue weighted by molar-refractivity contribution is 5.87. The van der Waals surface area contributed by atoms with Gasteiger partial charge in [0.2, 0.25) is 5.91 Å². The van der Waals surface area contributed by atoms with E-state index in [1.54, 1.807) is 0 Å². The van der Waals surface area contributed by atoms with Gasteiger partial charge in [0.1, 0.15) is 0 Å². The van der Waals surface area contributed by atoms with Crippen molar-refractivity contribution in [1.82, 2.24) is 10.2 Å². The van der Waals surface area contributed by atoms with E-state index >= 15 is 0 Å². The molecule has 0 aromatic rings. The fraction of sp³-hybridized carbons (Fsp3) is 0.923. The molecule has 0 aliphatic carbocycles. The average molecular weight is 224 g/mol. The first-order chi connectivity index (χ1) is 7.37. The molecule has 0 radical (unpaired) electrons. The van der Waals surface area contributed by atoms with Crippen molar-refractivity contribution in [3.63, 3.8) is 0 Å². The van der Waals surface area contributed by atoms with Crippen LogP contribution in [0.15, 0.2) is 0 Å². The van der Waals surface area contributed by atoms with E-state index in [2.05, 4.69) is 31.0 Å². The Labute approximate surface area is 98.6 Å². The van der Waals surface area contributed by atoms with Crippen LogP contribution in [0.3, 0.4) is 0 Å². The lowest BCUT2D eigenvalue weighted by molar-refractivity contribution is -0.140. The largest absolute Gasteiger partial charge is 0.341 e. The monoisotopic (exact) mass is 224 g/mol. The Morgan fingerprint density at radius 3 is 2.31 bits per heavy atom. The van der Waals surface area contributed by atoms with Crippen molar-refractivity contribution in [1.29, 1.82) is 0 Å². The van der Waals surface area contributed by atoms with Crippen molar-refractivity contribution in [2.24, 2.45) is 11.3 Å². The lowest BCUT2D eigenvalue weighted by Gasteiger charge is -2.41. The summed E-state index contributed by atoms with van der Waals surface area (Å²) in [6.07, 6.45) is 2.13. The van der Waals surface area contributed by atoms with Gasteiger partial charge in [-0.3, -0.25) is 4.79 Å². The molecule has 0 bridgehead atoms. The average Bonchev–Trinajstić information content (AvgIpc) is 2.57. The molecule has 2 aliphatic heterocycles. The zero-order valence-electron chi connectivity index (χ0n) is 11.0. The fourth-order valence-corrected chi connectivity index (χ4v) is 2.66. The molecule has 92 valence electrons. The van der Waals surface area contributed by atoms with Crippen molar-refractivity contribution in [2.75, 3.05) is 19.6 Å². The van der Waals surface area contributed by atoms with Gasteiger partial charge in [-0.15, -0.1) is 0 Å². The van der Waals surface area contributed by atoms with Crippen LogP contribution in [0, 0.1) is 11.3 Å². The number of nitrogens with one attached hydrogen (secondary N) is 1. The minimum atomic E-state index is -0.262.